The van der Waals surface area contributed by atoms with Crippen LogP contribution in [0, 0.1) is 7.14 Å². The van der Waals surface area contributed by atoms with Gasteiger partial charge < -0.3 is 0 Å². The highest BCUT2D eigenvalue weighted by Gasteiger charge is 2.18. The summed E-state index contributed by atoms with van der Waals surface area (Å²) >= 11 is 5.02. The zero-order valence-corrected chi connectivity index (χ0v) is 17.2. The summed E-state index contributed by atoms with van der Waals surface area (Å²) in [5.74, 6) is 0. The summed E-state index contributed by atoms with van der Waals surface area (Å²) < 4.78 is 2.63. The van der Waals surface area contributed by atoms with E-state index in [1.165, 1.54) is 40.2 Å². The fourth-order valence-electron chi connectivity index (χ4n) is 3.11. The Morgan fingerprint density at radius 3 is 1.12 bits per heavy atom. The maximum atomic E-state index is 2.51. The second-order valence-electron chi connectivity index (χ2n) is 5.66. The summed E-state index contributed by atoms with van der Waals surface area (Å²) in [6.07, 6.45) is 0. The van der Waals surface area contributed by atoms with Crippen molar-refractivity contribution in [1.29, 1.82) is 0 Å². The summed E-state index contributed by atoms with van der Waals surface area (Å²) in [5.41, 5.74) is 5.19. The Bertz CT molecular complexity index is 922. The van der Waals surface area contributed by atoms with Crippen LogP contribution in [0.25, 0.3) is 33.0 Å². The summed E-state index contributed by atoms with van der Waals surface area (Å²) in [7, 11) is 0. The van der Waals surface area contributed by atoms with Crippen LogP contribution in [-0.4, -0.2) is 0 Å². The van der Waals surface area contributed by atoms with Crippen molar-refractivity contribution in [2.45, 2.75) is 0 Å². The second kappa shape index (κ2) is 6.84. The van der Waals surface area contributed by atoms with E-state index < -0.39 is 0 Å². The lowest BCUT2D eigenvalue weighted by molar-refractivity contribution is 1.56. The number of hydrogen-bond acceptors (Lipinski definition) is 0. The Morgan fingerprint density at radius 1 is 0.417 bits per heavy atom. The van der Waals surface area contributed by atoms with Crippen molar-refractivity contribution in [2.24, 2.45) is 0 Å². The average molecular weight is 532 g/mol. The van der Waals surface area contributed by atoms with Gasteiger partial charge in [-0.3, -0.25) is 0 Å². The molecule has 4 aromatic rings. The van der Waals surface area contributed by atoms with Crippen molar-refractivity contribution in [3.8, 4) is 22.3 Å². The van der Waals surface area contributed by atoms with Crippen LogP contribution in [0.4, 0.5) is 0 Å². The van der Waals surface area contributed by atoms with E-state index in [-0.39, 0.29) is 0 Å². The first-order valence-electron chi connectivity index (χ1n) is 7.78. The van der Waals surface area contributed by atoms with Crippen LogP contribution in [0.5, 0.6) is 0 Å². The molecule has 0 unspecified atom stereocenters. The van der Waals surface area contributed by atoms with E-state index >= 15 is 0 Å². The van der Waals surface area contributed by atoms with Gasteiger partial charge in [0.1, 0.15) is 0 Å². The minimum absolute atomic E-state index is 1.27. The molecule has 0 amide bonds. The molecule has 0 saturated carbocycles. The molecule has 0 aliphatic rings. The largest absolute Gasteiger partial charge is 0.0622 e. The second-order valence-corrected chi connectivity index (χ2v) is 7.81. The van der Waals surface area contributed by atoms with Gasteiger partial charge in [0.2, 0.25) is 0 Å². The Labute approximate surface area is 169 Å². The number of hydrogen-bond donors (Lipinski definition) is 0. The molecule has 116 valence electrons. The molecule has 0 N–H and O–H groups in total. The fourth-order valence-corrected chi connectivity index (χ4v) is 5.21. The van der Waals surface area contributed by atoms with Crippen LogP contribution < -0.4 is 0 Å². The van der Waals surface area contributed by atoms with Crippen molar-refractivity contribution in [3.05, 3.63) is 92.1 Å². The van der Waals surface area contributed by atoms with Crippen molar-refractivity contribution < 1.29 is 0 Å². The molecular weight excluding hydrogens is 518 g/mol. The van der Waals surface area contributed by atoms with Crippen LogP contribution in [0.1, 0.15) is 0 Å². The van der Waals surface area contributed by atoms with Crippen LogP contribution in [0.15, 0.2) is 84.9 Å². The molecule has 2 heteroatoms. The van der Waals surface area contributed by atoms with E-state index in [1.807, 2.05) is 0 Å². The highest BCUT2D eigenvalue weighted by atomic mass is 127. The van der Waals surface area contributed by atoms with Gasteiger partial charge in [0.05, 0.1) is 0 Å². The Kier molecular flexibility index (Phi) is 4.59. The quantitative estimate of drug-likeness (QED) is 0.237. The first-order chi connectivity index (χ1) is 11.8. The molecule has 0 nitrogen and oxygen atoms in total. The first kappa shape index (κ1) is 16.1. The van der Waals surface area contributed by atoms with Crippen molar-refractivity contribution in [3.63, 3.8) is 0 Å². The maximum absolute atomic E-state index is 2.51. The van der Waals surface area contributed by atoms with E-state index in [4.69, 9.17) is 0 Å². The van der Waals surface area contributed by atoms with E-state index in [0.717, 1.165) is 0 Å². The van der Waals surface area contributed by atoms with E-state index in [2.05, 4.69) is 130 Å². The van der Waals surface area contributed by atoms with Gasteiger partial charge in [-0.25, -0.2) is 0 Å². The summed E-state index contributed by atoms with van der Waals surface area (Å²) in [4.78, 5) is 0. The molecule has 0 atom stereocenters. The summed E-state index contributed by atoms with van der Waals surface area (Å²) in [5, 5.41) is 2.64. The zero-order chi connectivity index (χ0) is 16.5. The normalized spacial score (nSPS) is 10.9. The van der Waals surface area contributed by atoms with Gasteiger partial charge in [-0.15, -0.1) is 0 Å². The third kappa shape index (κ3) is 2.75. The predicted molar refractivity (Wildman–Crippen MR) is 120 cm³/mol. The lowest BCUT2D eigenvalue weighted by atomic mass is 9.91. The molecule has 4 rings (SSSR count). The van der Waals surface area contributed by atoms with Crippen LogP contribution in [-0.2, 0) is 0 Å². The molecule has 0 spiro atoms. The highest BCUT2D eigenvalue weighted by molar-refractivity contribution is 14.1. The molecule has 0 aliphatic carbocycles. The smallest absolute Gasteiger partial charge is 0.0294 e. The Hall–Kier alpha value is -1.40. The molecule has 0 fully saturated rings. The minimum Gasteiger partial charge on any atom is -0.0622 e. The number of halogens is 2. The molecule has 4 aromatic carbocycles. The lowest BCUT2D eigenvalue weighted by Gasteiger charge is -2.18. The third-order valence-electron chi connectivity index (χ3n) is 4.21. The highest BCUT2D eigenvalue weighted by Crippen LogP contribution is 2.43. The van der Waals surface area contributed by atoms with Gasteiger partial charge >= 0.3 is 0 Å². The molecule has 0 aliphatic heterocycles. The number of benzene rings is 4. The van der Waals surface area contributed by atoms with Gasteiger partial charge in [-0.2, -0.15) is 0 Å². The van der Waals surface area contributed by atoms with E-state index in [0.29, 0.717) is 0 Å². The van der Waals surface area contributed by atoms with Crippen molar-refractivity contribution in [1.82, 2.24) is 0 Å². The molecule has 0 saturated heterocycles. The van der Waals surface area contributed by atoms with Gasteiger partial charge in [-0.05, 0) is 67.1 Å². The van der Waals surface area contributed by atoms with Crippen LogP contribution in [0.3, 0.4) is 0 Å². The first-order valence-corrected chi connectivity index (χ1v) is 9.93. The standard InChI is InChI=1S/C22H14I2/c23-21-17-13-7-8-14-18(17)22(24)20(16-11-5-2-6-12-16)19(21)15-9-3-1-4-10-15/h1-14H. The molecule has 0 heterocycles. The Balaban J connectivity index is 2.18. The Morgan fingerprint density at radius 2 is 0.750 bits per heavy atom. The van der Waals surface area contributed by atoms with Gasteiger partial charge in [-0.1, -0.05) is 84.9 Å². The van der Waals surface area contributed by atoms with Gasteiger partial charge in [0, 0.05) is 18.3 Å². The molecule has 0 bridgehead atoms. The molecular formula is C22H14I2. The van der Waals surface area contributed by atoms with Crippen LogP contribution >= 0.6 is 45.2 Å². The van der Waals surface area contributed by atoms with Crippen LogP contribution in [0.2, 0.25) is 0 Å². The van der Waals surface area contributed by atoms with Gasteiger partial charge in [0.25, 0.3) is 0 Å². The maximum Gasteiger partial charge on any atom is 0.0294 e. The molecule has 0 aromatic heterocycles. The number of fused-ring (bicyclic) bond motifs is 1. The van der Waals surface area contributed by atoms with Crippen molar-refractivity contribution in [2.75, 3.05) is 0 Å². The summed E-state index contributed by atoms with van der Waals surface area (Å²) in [6.45, 7) is 0. The van der Waals surface area contributed by atoms with Gasteiger partial charge in [0.15, 0.2) is 0 Å². The minimum atomic E-state index is 1.27. The van der Waals surface area contributed by atoms with E-state index in [9.17, 15) is 0 Å². The zero-order valence-electron chi connectivity index (χ0n) is 12.8. The SMILES string of the molecule is Ic1c(-c2ccccc2)c(-c2ccccc2)c(I)c2ccccc12. The topological polar surface area (TPSA) is 0 Å². The predicted octanol–water partition coefficient (Wildman–Crippen LogP) is 7.38. The average Bonchev–Trinajstić information content (AvgIpc) is 2.66. The monoisotopic (exact) mass is 532 g/mol. The fraction of sp³-hybridized carbons (Fsp3) is 0. The molecule has 24 heavy (non-hydrogen) atoms. The lowest BCUT2D eigenvalue weighted by Crippen LogP contribution is -1.95. The van der Waals surface area contributed by atoms with E-state index in [1.54, 1.807) is 0 Å². The molecule has 0 radical (unpaired) electrons. The number of rotatable bonds is 2. The summed E-state index contributed by atoms with van der Waals surface area (Å²) in [6, 6.07) is 30.1. The third-order valence-corrected chi connectivity index (χ3v) is 6.45. The van der Waals surface area contributed by atoms with Crippen molar-refractivity contribution >= 4 is 56.0 Å².